The van der Waals surface area contributed by atoms with E-state index in [1.165, 1.54) is 0 Å². The number of rotatable bonds is 2. The summed E-state index contributed by atoms with van der Waals surface area (Å²) in [5.41, 5.74) is 0. The van der Waals surface area contributed by atoms with Crippen LogP contribution >= 0.6 is 40.3 Å². The van der Waals surface area contributed by atoms with E-state index in [1.54, 1.807) is 0 Å². The normalized spacial score (nSPS) is 15.8. The standard InChI is InChI=1S/C6H5IOP4Se3/c7-9-11-14-10(12(13-9)15-11)8-6-4-2-1-3-5-6/h1-5H. The molecule has 2 aromatic heterocycles. The Kier molecular flexibility index (Phi) is 4.72. The van der Waals surface area contributed by atoms with Gasteiger partial charge in [0, 0.05) is 0 Å². The fourth-order valence-electron chi connectivity index (χ4n) is 1.01. The zero-order valence-corrected chi connectivity index (χ0v) is 18.1. The number of para-hydroxylation sites is 1. The van der Waals surface area contributed by atoms with E-state index in [1.807, 2.05) is 0 Å². The van der Waals surface area contributed by atoms with Crippen LogP contribution in [0.15, 0.2) is 30.3 Å². The van der Waals surface area contributed by atoms with Crippen LogP contribution in [0.3, 0.4) is 0 Å². The fourth-order valence-corrected chi connectivity index (χ4v) is 263. The van der Waals surface area contributed by atoms with E-state index >= 15 is 0 Å². The summed E-state index contributed by atoms with van der Waals surface area (Å²) in [4.78, 5) is 0. The van der Waals surface area contributed by atoms with E-state index in [0.29, 0.717) is 12.2 Å². The minimum absolute atomic E-state index is 0.0613. The molecular formula is C6H5IOP4Se3. The monoisotopic (exact) mass is 584 g/mol. The molecule has 0 saturated carbocycles. The van der Waals surface area contributed by atoms with Crippen molar-refractivity contribution in [3.8, 4) is 5.75 Å². The predicted molar refractivity (Wildman–Crippen MR) is 86.0 cm³/mol. The van der Waals surface area contributed by atoms with Gasteiger partial charge in [0.25, 0.3) is 0 Å². The van der Waals surface area contributed by atoms with Crippen molar-refractivity contribution in [2.24, 2.45) is 0 Å². The molecule has 0 N–H and O–H groups in total. The molecule has 1 nitrogen and oxygen atoms in total. The molecule has 3 aromatic rings. The summed E-state index contributed by atoms with van der Waals surface area (Å²) in [7, 11) is 0. The number of hydrogen-bond acceptors (Lipinski definition) is 1. The first-order valence-electron chi connectivity index (χ1n) is 3.96. The molecule has 4 unspecified atom stereocenters. The topological polar surface area (TPSA) is 9.23 Å². The Balaban J connectivity index is 1.96. The first-order chi connectivity index (χ1) is 7.33. The van der Waals surface area contributed by atoms with E-state index in [4.69, 9.17) is 4.52 Å². The number of halogens is 1. The molecule has 0 radical (unpaired) electrons. The van der Waals surface area contributed by atoms with Gasteiger partial charge in [-0.2, -0.15) is 0 Å². The van der Waals surface area contributed by atoms with Crippen molar-refractivity contribution in [2.75, 3.05) is 0 Å². The van der Waals surface area contributed by atoms with Crippen molar-refractivity contribution in [3.63, 3.8) is 0 Å². The van der Waals surface area contributed by atoms with Gasteiger partial charge in [0.2, 0.25) is 0 Å². The third-order valence-electron chi connectivity index (χ3n) is 1.61. The van der Waals surface area contributed by atoms with Gasteiger partial charge < -0.3 is 0 Å². The van der Waals surface area contributed by atoms with Crippen LogP contribution in [0, 0.1) is 0 Å². The van der Waals surface area contributed by atoms with Crippen LogP contribution in [0.5, 0.6) is 5.75 Å². The average molecular weight is 581 g/mol. The van der Waals surface area contributed by atoms with Gasteiger partial charge in [-0.05, 0) is 0 Å². The van der Waals surface area contributed by atoms with Gasteiger partial charge in [0.15, 0.2) is 0 Å². The van der Waals surface area contributed by atoms with Crippen molar-refractivity contribution < 1.29 is 4.52 Å². The van der Waals surface area contributed by atoms with E-state index in [2.05, 4.69) is 52.4 Å². The Labute approximate surface area is 120 Å². The maximum absolute atomic E-state index is 6.23. The Hall–Kier alpha value is 2.51. The van der Waals surface area contributed by atoms with Crippen LogP contribution in [0.25, 0.3) is 0 Å². The van der Waals surface area contributed by atoms with Crippen LogP contribution in [0.1, 0.15) is 0 Å². The Morgan fingerprint density at radius 2 is 1.80 bits per heavy atom. The molecular weight excluding hydrogens is 576 g/mol. The molecule has 0 amide bonds. The molecule has 0 saturated heterocycles. The van der Waals surface area contributed by atoms with Crippen molar-refractivity contribution in [2.45, 2.75) is 0 Å². The zero-order chi connectivity index (χ0) is 10.3. The predicted octanol–water partition coefficient (Wildman–Crippen LogP) is 4.72. The van der Waals surface area contributed by atoms with Gasteiger partial charge in [0.1, 0.15) is 0 Å². The third-order valence-corrected chi connectivity index (χ3v) is 131. The Bertz CT molecular complexity index is 588. The van der Waals surface area contributed by atoms with E-state index in [9.17, 15) is 0 Å². The van der Waals surface area contributed by atoms with Crippen LogP contribution < -0.4 is 4.52 Å². The molecule has 15 heavy (non-hydrogen) atoms. The van der Waals surface area contributed by atoms with Crippen LogP contribution in [0.2, 0.25) is 0 Å². The van der Waals surface area contributed by atoms with Gasteiger partial charge in [-0.1, -0.05) is 0 Å². The molecule has 2 bridgehead atoms. The first kappa shape index (κ1) is 12.5. The summed E-state index contributed by atoms with van der Waals surface area (Å²) in [6, 6.07) is 10.5. The summed E-state index contributed by atoms with van der Waals surface area (Å²) in [6.07, 6.45) is 0.0613. The summed E-state index contributed by atoms with van der Waals surface area (Å²) in [6.45, 7) is 0. The summed E-state index contributed by atoms with van der Waals surface area (Å²) in [5.74, 6) is 1.14. The molecule has 0 fully saturated rings. The van der Waals surface area contributed by atoms with Gasteiger partial charge >= 0.3 is 122 Å². The third kappa shape index (κ3) is 2.92. The van der Waals surface area contributed by atoms with E-state index < -0.39 is 0 Å². The first-order valence-corrected chi connectivity index (χ1v) is 26.7. The molecule has 0 aliphatic carbocycles. The average Bonchev–Trinajstić information content (AvgIpc) is 2.78. The van der Waals surface area contributed by atoms with Gasteiger partial charge in [0.05, 0.1) is 0 Å². The van der Waals surface area contributed by atoms with Crippen molar-refractivity contribution in [3.05, 3.63) is 30.3 Å². The van der Waals surface area contributed by atoms with Crippen LogP contribution in [-0.2, 0) is 0 Å². The summed E-state index contributed by atoms with van der Waals surface area (Å²) < 4.78 is 7.79. The van der Waals surface area contributed by atoms with Crippen molar-refractivity contribution >= 4 is 81.1 Å². The van der Waals surface area contributed by atoms with Crippen molar-refractivity contribution in [1.29, 1.82) is 0 Å². The second-order valence-corrected chi connectivity index (χ2v) is 61.7. The molecule has 0 aliphatic rings. The van der Waals surface area contributed by atoms with E-state index in [-0.39, 0.29) is 6.10 Å². The van der Waals surface area contributed by atoms with Gasteiger partial charge in [-0.25, -0.2) is 0 Å². The summed E-state index contributed by atoms with van der Waals surface area (Å²) in [5, 5.41) is 0. The second kappa shape index (κ2) is 5.65. The van der Waals surface area contributed by atoms with Gasteiger partial charge in [-0.3, -0.25) is 0 Å². The molecule has 3 rings (SSSR count). The van der Waals surface area contributed by atoms with E-state index in [0.717, 1.165) is 46.5 Å². The molecule has 9 heteroatoms. The minimum atomic E-state index is 0.0613. The molecule has 0 aliphatic heterocycles. The molecule has 2 heterocycles. The van der Waals surface area contributed by atoms with Crippen LogP contribution in [-0.4, -0.2) is 40.8 Å². The SMILES string of the molecule is Ip1[se]p2[se]p1[se]p2Oc1ccccc1. The number of fused-ring (bicyclic) bond motifs is 2. The quantitative estimate of drug-likeness (QED) is 0.315. The number of hydrogen-bond donors (Lipinski definition) is 0. The molecule has 80 valence electrons. The van der Waals surface area contributed by atoms with Crippen molar-refractivity contribution in [1.82, 2.24) is 0 Å². The Morgan fingerprint density at radius 3 is 2.40 bits per heavy atom. The Morgan fingerprint density at radius 1 is 1.00 bits per heavy atom. The molecule has 0 spiro atoms. The summed E-state index contributed by atoms with van der Waals surface area (Å²) >= 11 is 5.84. The fraction of sp³-hybridized carbons (Fsp3) is 0. The van der Waals surface area contributed by atoms with Gasteiger partial charge in [-0.15, -0.1) is 0 Å². The number of benzene rings is 1. The molecule has 1 aromatic carbocycles. The molecule has 4 atom stereocenters. The van der Waals surface area contributed by atoms with Crippen LogP contribution in [0.4, 0.5) is 0 Å². The maximum atomic E-state index is 6.23. The second-order valence-electron chi connectivity index (χ2n) is 2.59. The zero-order valence-electron chi connectivity index (χ0n) is 7.19.